The van der Waals surface area contributed by atoms with Crippen LogP contribution >= 0.6 is 0 Å². The minimum atomic E-state index is -0.171. The van der Waals surface area contributed by atoms with E-state index in [1.165, 1.54) is 6.07 Å². The van der Waals surface area contributed by atoms with Crippen LogP contribution in [0.4, 0.5) is 4.39 Å². The first-order chi connectivity index (χ1) is 12.3. The van der Waals surface area contributed by atoms with E-state index in [1.54, 1.807) is 18.5 Å². The van der Waals surface area contributed by atoms with Crippen molar-refractivity contribution in [2.45, 2.75) is 31.8 Å². The molecule has 1 aliphatic rings. The number of nitrogens with zero attached hydrogens (tertiary/aromatic N) is 4. The molecule has 0 saturated carbocycles. The van der Waals surface area contributed by atoms with Gasteiger partial charge >= 0.3 is 0 Å². The Morgan fingerprint density at radius 1 is 1.12 bits per heavy atom. The first kappa shape index (κ1) is 15.9. The lowest BCUT2D eigenvalue weighted by atomic mass is 10.0. The molecule has 0 spiro atoms. The number of pyridine rings is 1. The zero-order valence-electron chi connectivity index (χ0n) is 13.8. The molecule has 5 nitrogen and oxygen atoms in total. The predicted molar refractivity (Wildman–Crippen MR) is 90.9 cm³/mol. The van der Waals surface area contributed by atoms with Crippen LogP contribution in [-0.2, 0) is 6.54 Å². The molecule has 0 N–H and O–H groups in total. The minimum Gasteiger partial charge on any atom is -0.337 e. The summed E-state index contributed by atoms with van der Waals surface area (Å²) in [5.41, 5.74) is 1.57. The van der Waals surface area contributed by atoms with Crippen LogP contribution in [0.3, 0.4) is 0 Å². The van der Waals surface area contributed by atoms with Crippen molar-refractivity contribution in [2.24, 2.45) is 0 Å². The molecule has 6 heteroatoms. The van der Waals surface area contributed by atoms with Crippen molar-refractivity contribution in [2.75, 3.05) is 6.54 Å². The fraction of sp³-hybridized carbons (Fsp3) is 0.316. The highest BCUT2D eigenvalue weighted by Gasteiger charge is 2.29. The minimum absolute atomic E-state index is 0.0245. The second-order valence-electron chi connectivity index (χ2n) is 6.27. The summed E-state index contributed by atoms with van der Waals surface area (Å²) in [5.74, 6) is 0.992. The molecule has 2 aromatic heterocycles. The maximum Gasteiger partial charge on any atom is 0.244 e. The van der Waals surface area contributed by atoms with Crippen molar-refractivity contribution in [1.82, 2.24) is 20.0 Å². The van der Waals surface area contributed by atoms with Gasteiger partial charge in [0, 0.05) is 30.1 Å². The highest BCUT2D eigenvalue weighted by atomic mass is 19.1. The topological polar surface area (TPSA) is 55.1 Å². The van der Waals surface area contributed by atoms with Crippen molar-refractivity contribution >= 4 is 0 Å². The van der Waals surface area contributed by atoms with Crippen LogP contribution in [0.15, 0.2) is 53.3 Å². The van der Waals surface area contributed by atoms with Gasteiger partial charge in [-0.05, 0) is 37.6 Å². The van der Waals surface area contributed by atoms with E-state index in [0.717, 1.165) is 31.4 Å². The number of rotatable bonds is 4. The Labute approximate surface area is 145 Å². The van der Waals surface area contributed by atoms with Crippen LogP contribution in [0.2, 0.25) is 0 Å². The fourth-order valence-corrected chi connectivity index (χ4v) is 3.29. The van der Waals surface area contributed by atoms with Gasteiger partial charge in [-0.25, -0.2) is 4.39 Å². The summed E-state index contributed by atoms with van der Waals surface area (Å²) in [6, 6.07) is 10.6. The normalized spacial score (nSPS) is 18.4. The molecule has 0 amide bonds. The first-order valence-corrected chi connectivity index (χ1v) is 8.53. The quantitative estimate of drug-likeness (QED) is 0.720. The van der Waals surface area contributed by atoms with E-state index in [2.05, 4.69) is 20.0 Å². The Hall–Kier alpha value is -2.60. The van der Waals surface area contributed by atoms with Gasteiger partial charge in [-0.15, -0.1) is 0 Å². The van der Waals surface area contributed by atoms with Crippen LogP contribution < -0.4 is 0 Å². The SMILES string of the molecule is Fc1ccccc1CN1CCCCC1c1nc(-c2ccncc2)no1. The summed E-state index contributed by atoms with van der Waals surface area (Å²) in [5, 5.41) is 4.11. The zero-order chi connectivity index (χ0) is 17.1. The third-order valence-corrected chi connectivity index (χ3v) is 4.61. The smallest absolute Gasteiger partial charge is 0.244 e. The lowest BCUT2D eigenvalue weighted by Gasteiger charge is -2.33. The molecule has 1 unspecified atom stereocenters. The average Bonchev–Trinajstić information content (AvgIpc) is 3.15. The Bertz CT molecular complexity index is 836. The van der Waals surface area contributed by atoms with Gasteiger partial charge in [-0.3, -0.25) is 9.88 Å². The van der Waals surface area contributed by atoms with Gasteiger partial charge in [-0.2, -0.15) is 4.98 Å². The molecule has 4 rings (SSSR count). The number of halogens is 1. The molecule has 25 heavy (non-hydrogen) atoms. The molecule has 0 aliphatic carbocycles. The van der Waals surface area contributed by atoms with Crippen LogP contribution in [0.1, 0.15) is 36.8 Å². The number of piperidine rings is 1. The molecule has 0 bridgehead atoms. The van der Waals surface area contributed by atoms with Crippen molar-refractivity contribution < 1.29 is 8.91 Å². The van der Waals surface area contributed by atoms with Gasteiger partial charge in [0.15, 0.2) is 0 Å². The molecule has 1 atom stereocenters. The number of benzene rings is 1. The fourth-order valence-electron chi connectivity index (χ4n) is 3.29. The van der Waals surface area contributed by atoms with Crippen LogP contribution in [0.5, 0.6) is 0 Å². The van der Waals surface area contributed by atoms with Crippen LogP contribution in [0.25, 0.3) is 11.4 Å². The highest BCUT2D eigenvalue weighted by molar-refractivity contribution is 5.52. The van der Waals surface area contributed by atoms with E-state index in [1.807, 2.05) is 24.3 Å². The maximum absolute atomic E-state index is 14.0. The van der Waals surface area contributed by atoms with Crippen LogP contribution in [0, 0.1) is 5.82 Å². The summed E-state index contributed by atoms with van der Waals surface area (Å²) in [4.78, 5) is 10.8. The highest BCUT2D eigenvalue weighted by Crippen LogP contribution is 2.32. The van der Waals surface area contributed by atoms with E-state index < -0.39 is 0 Å². The average molecular weight is 338 g/mol. The van der Waals surface area contributed by atoms with Crippen molar-refractivity contribution in [3.05, 3.63) is 66.1 Å². The molecular weight excluding hydrogens is 319 g/mol. The Morgan fingerprint density at radius 3 is 2.80 bits per heavy atom. The molecule has 1 fully saturated rings. The van der Waals surface area contributed by atoms with E-state index >= 15 is 0 Å². The van der Waals surface area contributed by atoms with Gasteiger partial charge in [0.05, 0.1) is 6.04 Å². The van der Waals surface area contributed by atoms with Gasteiger partial charge in [0.2, 0.25) is 11.7 Å². The second-order valence-corrected chi connectivity index (χ2v) is 6.27. The summed E-state index contributed by atoms with van der Waals surface area (Å²) < 4.78 is 19.6. The summed E-state index contributed by atoms with van der Waals surface area (Å²) >= 11 is 0. The third kappa shape index (κ3) is 3.44. The third-order valence-electron chi connectivity index (χ3n) is 4.61. The number of hydrogen-bond acceptors (Lipinski definition) is 5. The Kier molecular flexibility index (Phi) is 4.52. The molecule has 1 aromatic carbocycles. The van der Waals surface area contributed by atoms with Gasteiger partial charge in [0.1, 0.15) is 5.82 Å². The number of likely N-dealkylation sites (tertiary alicyclic amines) is 1. The predicted octanol–water partition coefficient (Wildman–Crippen LogP) is 4.00. The Morgan fingerprint density at radius 2 is 1.96 bits per heavy atom. The monoisotopic (exact) mass is 338 g/mol. The van der Waals surface area contributed by atoms with Crippen molar-refractivity contribution in [3.8, 4) is 11.4 Å². The molecule has 0 radical (unpaired) electrons. The molecular formula is C19H19FN4O. The van der Waals surface area contributed by atoms with Crippen LogP contribution in [-0.4, -0.2) is 26.6 Å². The molecule has 3 heterocycles. The maximum atomic E-state index is 14.0. The first-order valence-electron chi connectivity index (χ1n) is 8.53. The van der Waals surface area contributed by atoms with Gasteiger partial charge in [-0.1, -0.05) is 29.8 Å². The molecule has 1 saturated heterocycles. The Balaban J connectivity index is 1.57. The summed E-state index contributed by atoms with van der Waals surface area (Å²) in [6.07, 6.45) is 6.54. The van der Waals surface area contributed by atoms with Gasteiger partial charge < -0.3 is 4.52 Å². The summed E-state index contributed by atoms with van der Waals surface area (Å²) in [6.45, 7) is 1.44. The molecule has 128 valence electrons. The van der Waals surface area contributed by atoms with Gasteiger partial charge in [0.25, 0.3) is 0 Å². The second kappa shape index (κ2) is 7.11. The zero-order valence-corrected chi connectivity index (χ0v) is 13.8. The van der Waals surface area contributed by atoms with E-state index in [9.17, 15) is 4.39 Å². The summed E-state index contributed by atoms with van der Waals surface area (Å²) in [7, 11) is 0. The lowest BCUT2D eigenvalue weighted by molar-refractivity contribution is 0.110. The molecule has 3 aromatic rings. The van der Waals surface area contributed by atoms with Crippen molar-refractivity contribution in [3.63, 3.8) is 0 Å². The van der Waals surface area contributed by atoms with E-state index in [-0.39, 0.29) is 11.9 Å². The number of aromatic nitrogens is 3. The molecule has 1 aliphatic heterocycles. The van der Waals surface area contributed by atoms with E-state index in [0.29, 0.717) is 23.8 Å². The number of hydrogen-bond donors (Lipinski definition) is 0. The lowest BCUT2D eigenvalue weighted by Crippen LogP contribution is -2.33. The standard InChI is InChI=1S/C19H19FN4O/c20-16-6-2-1-5-15(16)13-24-12-4-3-7-17(24)19-22-18(23-25-19)14-8-10-21-11-9-14/h1-2,5-6,8-11,17H,3-4,7,12-13H2. The van der Waals surface area contributed by atoms with E-state index in [4.69, 9.17) is 4.52 Å². The largest absolute Gasteiger partial charge is 0.337 e. The van der Waals surface area contributed by atoms with Crippen molar-refractivity contribution in [1.29, 1.82) is 0 Å².